The summed E-state index contributed by atoms with van der Waals surface area (Å²) in [6, 6.07) is 14.5. The molecule has 1 aromatic heterocycles. The zero-order valence-electron chi connectivity index (χ0n) is 19.2. The molecule has 34 heavy (non-hydrogen) atoms. The lowest BCUT2D eigenvalue weighted by Gasteiger charge is -2.29. The van der Waals surface area contributed by atoms with Crippen molar-refractivity contribution >= 4 is 35.0 Å². The maximum absolute atomic E-state index is 12.3. The van der Waals surface area contributed by atoms with Crippen LogP contribution in [0.5, 0.6) is 23.0 Å². The minimum absolute atomic E-state index is 0.274. The number of methoxy groups -OCH3 is 2. The van der Waals surface area contributed by atoms with Crippen LogP contribution in [0.3, 0.4) is 0 Å². The van der Waals surface area contributed by atoms with Gasteiger partial charge >= 0.3 is 5.97 Å². The van der Waals surface area contributed by atoms with Crippen molar-refractivity contribution in [3.63, 3.8) is 0 Å². The first-order valence-electron chi connectivity index (χ1n) is 10.5. The van der Waals surface area contributed by atoms with Gasteiger partial charge in [0, 0.05) is 11.1 Å². The highest BCUT2D eigenvalue weighted by atomic mass is 32.1. The lowest BCUT2D eigenvalue weighted by Crippen LogP contribution is -2.27. The van der Waals surface area contributed by atoms with E-state index in [1.807, 2.05) is 38.1 Å². The second-order valence-corrected chi connectivity index (χ2v) is 9.00. The molecule has 0 aliphatic carbocycles. The molecule has 0 radical (unpaired) electrons. The van der Waals surface area contributed by atoms with Crippen LogP contribution in [0, 0.1) is 11.3 Å². The van der Waals surface area contributed by atoms with E-state index in [1.165, 1.54) is 18.4 Å². The number of carbonyl (C=O) groups is 1. The van der Waals surface area contributed by atoms with Crippen LogP contribution < -0.4 is 18.9 Å². The highest BCUT2D eigenvalue weighted by molar-refractivity contribution is 7.12. The molecule has 0 bridgehead atoms. The van der Waals surface area contributed by atoms with Gasteiger partial charge in [0.15, 0.2) is 23.0 Å². The van der Waals surface area contributed by atoms with Crippen molar-refractivity contribution in [3.05, 3.63) is 75.5 Å². The van der Waals surface area contributed by atoms with Crippen molar-refractivity contribution in [2.45, 2.75) is 19.4 Å². The van der Waals surface area contributed by atoms with Crippen LogP contribution >= 0.6 is 11.3 Å². The van der Waals surface area contributed by atoms with E-state index in [9.17, 15) is 10.1 Å². The molecular formula is C27H23NO5S. The molecule has 7 heteroatoms. The van der Waals surface area contributed by atoms with Crippen LogP contribution in [-0.4, -0.2) is 25.8 Å². The highest BCUT2D eigenvalue weighted by Gasteiger charge is 2.26. The Morgan fingerprint density at radius 3 is 2.62 bits per heavy atom. The van der Waals surface area contributed by atoms with Gasteiger partial charge in [0.1, 0.15) is 10.5 Å². The number of fused-ring (bicyclic) bond motifs is 1. The fourth-order valence-electron chi connectivity index (χ4n) is 3.54. The van der Waals surface area contributed by atoms with Crippen molar-refractivity contribution < 1.29 is 23.7 Å². The van der Waals surface area contributed by atoms with E-state index in [-0.39, 0.29) is 5.75 Å². The summed E-state index contributed by atoms with van der Waals surface area (Å²) in [5, 5.41) is 11.7. The van der Waals surface area contributed by atoms with Gasteiger partial charge in [0.05, 0.1) is 25.9 Å². The molecule has 0 N–H and O–H groups in total. The predicted octanol–water partition coefficient (Wildman–Crippen LogP) is 6.23. The molecule has 0 unspecified atom stereocenters. The van der Waals surface area contributed by atoms with Gasteiger partial charge in [-0.2, -0.15) is 5.26 Å². The molecule has 2 heterocycles. The Bertz CT molecular complexity index is 1330. The van der Waals surface area contributed by atoms with Crippen LogP contribution in [0.1, 0.15) is 40.2 Å². The Morgan fingerprint density at radius 2 is 1.94 bits per heavy atom. The minimum atomic E-state index is -0.468. The SMILES string of the molecule is COc1cc(/C(C#N)=C\c2ccc3c(c2OC)OC(C)(C)C=C3)ccc1OC(=O)c1cccs1. The summed E-state index contributed by atoms with van der Waals surface area (Å²) in [5.74, 6) is 1.34. The number of allylic oxidation sites excluding steroid dienone is 1. The first-order valence-corrected chi connectivity index (χ1v) is 11.4. The lowest BCUT2D eigenvalue weighted by molar-refractivity contribution is 0.0735. The van der Waals surface area contributed by atoms with Gasteiger partial charge in [0.25, 0.3) is 0 Å². The lowest BCUT2D eigenvalue weighted by atomic mass is 9.98. The molecule has 0 spiro atoms. The normalized spacial score (nSPS) is 13.9. The molecule has 172 valence electrons. The fraction of sp³-hybridized carbons (Fsp3) is 0.185. The smallest absolute Gasteiger partial charge is 0.353 e. The molecule has 4 rings (SSSR count). The summed E-state index contributed by atoms with van der Waals surface area (Å²) in [7, 11) is 3.06. The van der Waals surface area contributed by atoms with Gasteiger partial charge in [0.2, 0.25) is 0 Å². The van der Waals surface area contributed by atoms with Gasteiger partial charge in [-0.25, -0.2) is 4.79 Å². The monoisotopic (exact) mass is 473 g/mol. The number of hydrogen-bond acceptors (Lipinski definition) is 7. The largest absolute Gasteiger partial charge is 0.493 e. The van der Waals surface area contributed by atoms with E-state index in [2.05, 4.69) is 6.07 Å². The molecule has 6 nitrogen and oxygen atoms in total. The van der Waals surface area contributed by atoms with E-state index in [0.29, 0.717) is 38.8 Å². The number of carbonyl (C=O) groups excluding carboxylic acids is 1. The quantitative estimate of drug-likeness (QED) is 0.183. The van der Waals surface area contributed by atoms with Gasteiger partial charge in [-0.3, -0.25) is 0 Å². The summed E-state index contributed by atoms with van der Waals surface area (Å²) < 4.78 is 22.7. The van der Waals surface area contributed by atoms with Crippen molar-refractivity contribution in [1.82, 2.24) is 0 Å². The van der Waals surface area contributed by atoms with Gasteiger partial charge in [-0.15, -0.1) is 11.3 Å². The van der Waals surface area contributed by atoms with Crippen molar-refractivity contribution in [3.8, 4) is 29.1 Å². The molecule has 1 aliphatic heterocycles. The Balaban J connectivity index is 1.69. The zero-order chi connectivity index (χ0) is 24.3. The number of nitrogens with zero attached hydrogens (tertiary/aromatic N) is 1. The molecular weight excluding hydrogens is 450 g/mol. The third-order valence-electron chi connectivity index (χ3n) is 5.23. The third kappa shape index (κ3) is 4.68. The third-order valence-corrected chi connectivity index (χ3v) is 6.08. The number of esters is 1. The van der Waals surface area contributed by atoms with E-state index in [4.69, 9.17) is 18.9 Å². The van der Waals surface area contributed by atoms with Gasteiger partial charge in [-0.05, 0) is 61.2 Å². The van der Waals surface area contributed by atoms with Crippen LogP contribution in [0.15, 0.2) is 53.9 Å². The van der Waals surface area contributed by atoms with Crippen LogP contribution in [0.2, 0.25) is 0 Å². The number of benzene rings is 2. The van der Waals surface area contributed by atoms with E-state index in [1.54, 1.807) is 48.9 Å². The summed E-state index contributed by atoms with van der Waals surface area (Å²) in [4.78, 5) is 12.8. The number of rotatable bonds is 6. The van der Waals surface area contributed by atoms with E-state index in [0.717, 1.165) is 5.56 Å². The summed E-state index contributed by atoms with van der Waals surface area (Å²) in [6.45, 7) is 3.93. The van der Waals surface area contributed by atoms with Crippen molar-refractivity contribution in [2.75, 3.05) is 14.2 Å². The van der Waals surface area contributed by atoms with E-state index < -0.39 is 11.6 Å². The molecule has 0 saturated heterocycles. The average molecular weight is 474 g/mol. The maximum atomic E-state index is 12.3. The van der Waals surface area contributed by atoms with Crippen molar-refractivity contribution in [1.29, 1.82) is 5.26 Å². The maximum Gasteiger partial charge on any atom is 0.353 e. The number of ether oxygens (including phenoxy) is 4. The van der Waals surface area contributed by atoms with E-state index >= 15 is 0 Å². The first-order chi connectivity index (χ1) is 16.3. The summed E-state index contributed by atoms with van der Waals surface area (Å²) in [5.41, 5.74) is 2.14. The standard InChI is InChI=1S/C27H23NO5S/c1-27(2)12-11-17-7-8-19(24(31-4)25(17)33-27)14-20(16-28)18-9-10-21(22(15-18)30-3)32-26(29)23-6-5-13-34-23/h5-15H,1-4H3/b20-14-. The molecule has 0 saturated carbocycles. The second kappa shape index (κ2) is 9.46. The topological polar surface area (TPSA) is 77.8 Å². The first kappa shape index (κ1) is 23.1. The fourth-order valence-corrected chi connectivity index (χ4v) is 4.14. The molecule has 0 fully saturated rings. The zero-order valence-corrected chi connectivity index (χ0v) is 20.1. The number of thiophene rings is 1. The Morgan fingerprint density at radius 1 is 1.12 bits per heavy atom. The minimum Gasteiger partial charge on any atom is -0.493 e. The molecule has 0 amide bonds. The Kier molecular flexibility index (Phi) is 6.44. The predicted molar refractivity (Wildman–Crippen MR) is 132 cm³/mol. The van der Waals surface area contributed by atoms with Gasteiger partial charge in [-0.1, -0.05) is 24.3 Å². The second-order valence-electron chi connectivity index (χ2n) is 8.05. The van der Waals surface area contributed by atoms with Crippen LogP contribution in [0.4, 0.5) is 0 Å². The van der Waals surface area contributed by atoms with Crippen LogP contribution in [-0.2, 0) is 0 Å². The molecule has 2 aromatic carbocycles. The number of nitriles is 1. The number of hydrogen-bond donors (Lipinski definition) is 0. The van der Waals surface area contributed by atoms with Gasteiger partial charge < -0.3 is 18.9 Å². The van der Waals surface area contributed by atoms with Crippen LogP contribution in [0.25, 0.3) is 17.7 Å². The highest BCUT2D eigenvalue weighted by Crippen LogP contribution is 2.42. The van der Waals surface area contributed by atoms with Crippen molar-refractivity contribution in [2.24, 2.45) is 0 Å². The molecule has 1 aliphatic rings. The Hall–Kier alpha value is -4.02. The summed E-state index contributed by atoms with van der Waals surface area (Å²) >= 11 is 1.30. The average Bonchev–Trinajstić information content (AvgIpc) is 3.37. The molecule has 3 aromatic rings. The molecule has 0 atom stereocenters. The Labute approximate surface area is 202 Å². The summed E-state index contributed by atoms with van der Waals surface area (Å²) in [6.07, 6.45) is 5.73.